The number of phenols is 1. The van der Waals surface area contributed by atoms with Gasteiger partial charge in [-0.1, -0.05) is 31.6 Å². The van der Waals surface area contributed by atoms with Crippen LogP contribution in [0.1, 0.15) is 63.5 Å². The van der Waals surface area contributed by atoms with E-state index in [1.165, 1.54) is 36.8 Å². The minimum atomic E-state index is 0.433. The Kier molecular flexibility index (Phi) is 3.18. The molecule has 5 atom stereocenters. The summed E-state index contributed by atoms with van der Waals surface area (Å²) in [6.45, 7) is 7.22. The van der Waals surface area contributed by atoms with E-state index in [9.17, 15) is 5.11 Å². The lowest BCUT2D eigenvalue weighted by Crippen LogP contribution is -2.43. The number of rotatable bonds is 0. The Hall–Kier alpha value is -1.24. The molecule has 3 aliphatic rings. The van der Waals surface area contributed by atoms with Gasteiger partial charge in [0.1, 0.15) is 5.75 Å². The molecule has 22 heavy (non-hydrogen) atoms. The van der Waals surface area contributed by atoms with Crippen LogP contribution < -0.4 is 0 Å². The van der Waals surface area contributed by atoms with Crippen molar-refractivity contribution in [2.24, 2.45) is 23.2 Å². The van der Waals surface area contributed by atoms with Crippen LogP contribution in [0, 0.1) is 23.2 Å². The lowest BCUT2D eigenvalue weighted by atomic mass is 9.52. The van der Waals surface area contributed by atoms with Crippen molar-refractivity contribution in [3.05, 3.63) is 41.0 Å². The SMILES string of the molecule is CC=C1CCC2C3C(CC[C@]12C)c1ccc(O)cc1C[C@H]3C. The van der Waals surface area contributed by atoms with Crippen LogP contribution in [0.3, 0.4) is 0 Å². The van der Waals surface area contributed by atoms with Crippen molar-refractivity contribution in [3.63, 3.8) is 0 Å². The summed E-state index contributed by atoms with van der Waals surface area (Å²) < 4.78 is 0. The van der Waals surface area contributed by atoms with E-state index in [0.29, 0.717) is 17.1 Å². The summed E-state index contributed by atoms with van der Waals surface area (Å²) in [7, 11) is 0. The van der Waals surface area contributed by atoms with Gasteiger partial charge in [-0.3, -0.25) is 0 Å². The summed E-state index contributed by atoms with van der Waals surface area (Å²) in [5.74, 6) is 3.57. The quantitative estimate of drug-likeness (QED) is 0.632. The van der Waals surface area contributed by atoms with Crippen molar-refractivity contribution in [2.45, 2.75) is 58.8 Å². The molecule has 118 valence electrons. The van der Waals surface area contributed by atoms with Gasteiger partial charge >= 0.3 is 0 Å². The summed E-state index contributed by atoms with van der Waals surface area (Å²) in [5.41, 5.74) is 5.12. The Morgan fingerprint density at radius 2 is 2.09 bits per heavy atom. The molecule has 1 aromatic carbocycles. The predicted octanol–water partition coefficient (Wildman–Crippen LogP) is 5.44. The fourth-order valence-corrected chi connectivity index (χ4v) is 6.29. The van der Waals surface area contributed by atoms with Crippen LogP contribution in [-0.2, 0) is 6.42 Å². The maximum Gasteiger partial charge on any atom is 0.115 e. The Morgan fingerprint density at radius 1 is 1.27 bits per heavy atom. The van der Waals surface area contributed by atoms with Crippen LogP contribution in [0.25, 0.3) is 0 Å². The van der Waals surface area contributed by atoms with Crippen LogP contribution in [0.2, 0.25) is 0 Å². The lowest BCUT2D eigenvalue weighted by Gasteiger charge is -2.52. The highest BCUT2D eigenvalue weighted by molar-refractivity contribution is 5.41. The molecule has 0 saturated heterocycles. The maximum absolute atomic E-state index is 9.82. The molecule has 0 radical (unpaired) electrons. The van der Waals surface area contributed by atoms with E-state index in [1.54, 1.807) is 5.57 Å². The number of allylic oxidation sites excluding steroid dienone is 2. The summed E-state index contributed by atoms with van der Waals surface area (Å²) in [6, 6.07) is 6.12. The zero-order valence-corrected chi connectivity index (χ0v) is 14.1. The average molecular weight is 296 g/mol. The first-order valence-corrected chi connectivity index (χ1v) is 9.02. The number of hydrogen-bond donors (Lipinski definition) is 1. The molecule has 0 amide bonds. The van der Waals surface area contributed by atoms with E-state index in [-0.39, 0.29) is 0 Å². The topological polar surface area (TPSA) is 20.2 Å². The highest BCUT2D eigenvalue weighted by atomic mass is 16.3. The van der Waals surface area contributed by atoms with E-state index in [1.807, 2.05) is 12.1 Å². The van der Waals surface area contributed by atoms with Gasteiger partial charge in [0, 0.05) is 0 Å². The van der Waals surface area contributed by atoms with Crippen molar-refractivity contribution in [3.8, 4) is 5.75 Å². The van der Waals surface area contributed by atoms with Crippen LogP contribution >= 0.6 is 0 Å². The Labute approximate surface area is 134 Å². The molecule has 2 fully saturated rings. The molecule has 0 spiro atoms. The molecule has 1 nitrogen and oxygen atoms in total. The van der Waals surface area contributed by atoms with Crippen molar-refractivity contribution >= 4 is 0 Å². The molecular weight excluding hydrogens is 268 g/mol. The van der Waals surface area contributed by atoms with Crippen LogP contribution in [0.5, 0.6) is 5.75 Å². The first-order chi connectivity index (χ1) is 10.5. The number of benzene rings is 1. The van der Waals surface area contributed by atoms with E-state index < -0.39 is 0 Å². The normalized spacial score (nSPS) is 41.9. The summed E-state index contributed by atoms with van der Waals surface area (Å²) >= 11 is 0. The van der Waals surface area contributed by atoms with E-state index in [0.717, 1.165) is 24.2 Å². The largest absolute Gasteiger partial charge is 0.508 e. The number of fused-ring (bicyclic) bond motifs is 5. The van der Waals surface area contributed by atoms with Crippen molar-refractivity contribution in [1.82, 2.24) is 0 Å². The Balaban J connectivity index is 1.76. The predicted molar refractivity (Wildman–Crippen MR) is 91.0 cm³/mol. The fraction of sp³-hybridized carbons (Fsp3) is 0.619. The molecule has 4 rings (SSSR count). The van der Waals surface area contributed by atoms with Gasteiger partial charge in [-0.2, -0.15) is 0 Å². The Bertz CT molecular complexity index is 629. The molecular formula is C21H28O. The second-order valence-corrected chi connectivity index (χ2v) is 8.16. The van der Waals surface area contributed by atoms with Crippen LogP contribution in [0.15, 0.2) is 29.8 Å². The van der Waals surface area contributed by atoms with Crippen LogP contribution in [-0.4, -0.2) is 5.11 Å². The van der Waals surface area contributed by atoms with Gasteiger partial charge in [-0.25, -0.2) is 0 Å². The standard InChI is InChI=1S/C21H28O/c1-4-15-5-8-19-20-13(2)11-14-12-16(22)6-7-17(14)18(20)9-10-21(15,19)3/h4,6-7,12-13,18-20,22H,5,8-11H2,1-3H3/t13-,18?,19?,20?,21-/m1/s1. The zero-order valence-electron chi connectivity index (χ0n) is 14.1. The summed E-state index contributed by atoms with van der Waals surface area (Å²) in [4.78, 5) is 0. The highest BCUT2D eigenvalue weighted by Crippen LogP contribution is 2.63. The minimum absolute atomic E-state index is 0.433. The second kappa shape index (κ2) is 4.88. The molecule has 0 aromatic heterocycles. The van der Waals surface area contributed by atoms with E-state index in [4.69, 9.17) is 0 Å². The van der Waals surface area contributed by atoms with Crippen molar-refractivity contribution in [1.29, 1.82) is 0 Å². The zero-order chi connectivity index (χ0) is 15.5. The molecule has 0 bridgehead atoms. The Morgan fingerprint density at radius 3 is 2.86 bits per heavy atom. The number of phenolic OH excluding ortho intramolecular Hbond substituents is 1. The van der Waals surface area contributed by atoms with Gasteiger partial charge in [0.25, 0.3) is 0 Å². The number of aromatic hydroxyl groups is 1. The van der Waals surface area contributed by atoms with Gasteiger partial charge in [-0.05, 0) is 91.4 Å². The highest BCUT2D eigenvalue weighted by Gasteiger charge is 2.53. The first kappa shape index (κ1) is 14.4. The minimum Gasteiger partial charge on any atom is -0.508 e. The smallest absolute Gasteiger partial charge is 0.115 e. The van der Waals surface area contributed by atoms with Gasteiger partial charge in [-0.15, -0.1) is 0 Å². The van der Waals surface area contributed by atoms with E-state index in [2.05, 4.69) is 32.9 Å². The lowest BCUT2D eigenvalue weighted by molar-refractivity contribution is 0.0490. The van der Waals surface area contributed by atoms with Crippen LogP contribution in [0.4, 0.5) is 0 Å². The monoisotopic (exact) mass is 296 g/mol. The average Bonchev–Trinajstić information content (AvgIpc) is 2.83. The third-order valence-electron chi connectivity index (χ3n) is 7.25. The van der Waals surface area contributed by atoms with E-state index >= 15 is 0 Å². The molecule has 3 unspecified atom stereocenters. The molecule has 0 aliphatic heterocycles. The van der Waals surface area contributed by atoms with Gasteiger partial charge in [0.2, 0.25) is 0 Å². The van der Waals surface area contributed by atoms with Crippen molar-refractivity contribution < 1.29 is 5.11 Å². The molecule has 1 N–H and O–H groups in total. The molecule has 0 heterocycles. The first-order valence-electron chi connectivity index (χ1n) is 9.02. The summed E-state index contributed by atoms with van der Waals surface area (Å²) in [6.07, 6.45) is 8.90. The molecule has 1 aromatic rings. The van der Waals surface area contributed by atoms with Gasteiger partial charge < -0.3 is 5.11 Å². The number of hydrogen-bond acceptors (Lipinski definition) is 1. The second-order valence-electron chi connectivity index (χ2n) is 8.16. The third kappa shape index (κ3) is 1.84. The molecule has 2 saturated carbocycles. The fourth-order valence-electron chi connectivity index (χ4n) is 6.29. The van der Waals surface area contributed by atoms with Gasteiger partial charge in [0.15, 0.2) is 0 Å². The molecule has 1 heteroatoms. The maximum atomic E-state index is 9.82. The van der Waals surface area contributed by atoms with Crippen molar-refractivity contribution in [2.75, 3.05) is 0 Å². The molecule has 3 aliphatic carbocycles. The third-order valence-corrected chi connectivity index (χ3v) is 7.25. The van der Waals surface area contributed by atoms with Gasteiger partial charge in [0.05, 0.1) is 0 Å². The summed E-state index contributed by atoms with van der Waals surface area (Å²) in [5, 5.41) is 9.82.